The molecule has 2 N–H and O–H groups in total. The highest BCUT2D eigenvalue weighted by molar-refractivity contribution is 8.77. The van der Waals surface area contributed by atoms with Gasteiger partial charge in [-0.05, 0) is 65.6 Å². The molecule has 0 bridgehead atoms. The van der Waals surface area contributed by atoms with Crippen LogP contribution in [0.25, 0.3) is 0 Å². The maximum atomic E-state index is 11.5. The Bertz CT molecular complexity index is 1390. The summed E-state index contributed by atoms with van der Waals surface area (Å²) in [5.74, 6) is 0.429. The van der Waals surface area contributed by atoms with Gasteiger partial charge in [0, 0.05) is 81.3 Å². The zero-order chi connectivity index (χ0) is 41.0. The first-order chi connectivity index (χ1) is 26.1. The molecule has 1 saturated heterocycles. The zero-order valence-corrected chi connectivity index (χ0v) is 33.2. The number of ketones is 2. The molecule has 54 heavy (non-hydrogen) atoms. The Morgan fingerprint density at radius 3 is 1.67 bits per heavy atom. The summed E-state index contributed by atoms with van der Waals surface area (Å²) in [5.41, 5.74) is 0. The van der Waals surface area contributed by atoms with E-state index in [2.05, 4.69) is 9.97 Å². The largest absolute Gasteiger partial charge is 0.396 e. The van der Waals surface area contributed by atoms with E-state index in [4.69, 9.17) is 19.8 Å². The van der Waals surface area contributed by atoms with Gasteiger partial charge in [-0.25, -0.2) is 14.9 Å². The van der Waals surface area contributed by atoms with Crippen molar-refractivity contribution in [3.05, 3.63) is 60.9 Å². The molecule has 4 heterocycles. The molecule has 296 valence electrons. The summed E-state index contributed by atoms with van der Waals surface area (Å²) < 4.78 is 0. The van der Waals surface area contributed by atoms with Crippen molar-refractivity contribution in [2.45, 2.75) is 68.3 Å². The van der Waals surface area contributed by atoms with E-state index in [1.807, 2.05) is 50.0 Å². The monoisotopic (exact) mass is 826 g/mol. The highest BCUT2D eigenvalue weighted by Gasteiger charge is 2.28. The van der Waals surface area contributed by atoms with Crippen LogP contribution in [0, 0.1) is 0 Å². The molecule has 2 aliphatic rings. The lowest BCUT2D eigenvalue weighted by Crippen LogP contribution is -2.31. The van der Waals surface area contributed by atoms with Crippen LogP contribution in [-0.2, 0) is 43.2 Å². The molecule has 0 aliphatic carbocycles. The van der Waals surface area contributed by atoms with Crippen molar-refractivity contribution in [1.29, 1.82) is 0 Å². The second-order valence-electron chi connectivity index (χ2n) is 10.1. The minimum atomic E-state index is -0.394. The highest BCUT2D eigenvalue weighted by Crippen LogP contribution is 2.29. The van der Waals surface area contributed by atoms with Crippen LogP contribution in [0.5, 0.6) is 0 Å². The number of hydrogen-bond donors (Lipinski definition) is 2. The fourth-order valence-corrected chi connectivity index (χ4v) is 7.12. The lowest BCUT2D eigenvalue weighted by Gasteiger charge is -2.11. The van der Waals surface area contributed by atoms with Gasteiger partial charge in [-0.15, -0.1) is 0 Å². The van der Waals surface area contributed by atoms with Gasteiger partial charge >= 0.3 is 0 Å². The summed E-state index contributed by atoms with van der Waals surface area (Å²) in [6.45, 7) is 6.08. The zero-order valence-electron chi connectivity index (χ0n) is 29.9. The average molecular weight is 827 g/mol. The molecule has 0 unspecified atom stereocenters. The first-order valence-corrected chi connectivity index (χ1v) is 20.8. The second kappa shape index (κ2) is 36.0. The predicted octanol–water partition coefficient (Wildman–Crippen LogP) is 3.96. The number of rotatable bonds is 18. The minimum Gasteiger partial charge on any atom is -0.396 e. The van der Waals surface area contributed by atoms with E-state index in [0.717, 1.165) is 45.7 Å². The topological polar surface area (TPSA) is 226 Å². The third-order valence-electron chi connectivity index (χ3n) is 6.10. The Morgan fingerprint density at radius 1 is 0.741 bits per heavy atom. The molecule has 2 aliphatic heterocycles. The van der Waals surface area contributed by atoms with Gasteiger partial charge in [0.05, 0.1) is 6.61 Å². The van der Waals surface area contributed by atoms with Crippen LogP contribution in [0.1, 0.15) is 58.3 Å². The van der Waals surface area contributed by atoms with Crippen LogP contribution in [0.3, 0.4) is 0 Å². The summed E-state index contributed by atoms with van der Waals surface area (Å²) in [6.07, 6.45) is 10.7. The molecule has 4 rings (SSSR count). The number of unbranched alkanes of at least 4 members (excludes halogenated alkanes) is 2. The molecule has 19 heteroatoms. The lowest BCUT2D eigenvalue weighted by molar-refractivity contribution is -0.144. The number of aliphatic hydroxyl groups is 2. The molecule has 5 amide bonds. The van der Waals surface area contributed by atoms with E-state index >= 15 is 0 Å². The highest BCUT2D eigenvalue weighted by atomic mass is 33.1. The van der Waals surface area contributed by atoms with Crippen molar-refractivity contribution in [2.24, 2.45) is 0 Å². The number of carbonyl (C=O) groups is 9. The van der Waals surface area contributed by atoms with E-state index in [1.165, 1.54) is 19.1 Å². The molecular formula is C35H46N4O11S4. The molecule has 0 radical (unpaired) electrons. The smallest absolute Gasteiger partial charge is 0.253 e. The minimum absolute atomic E-state index is 0.0255. The Kier molecular flexibility index (Phi) is 34.7. The number of imide groups is 4. The number of Topliss-reactive ketones (excluding diaryl/α,β-unsaturated/α-hetero) is 2. The number of pyridine rings is 2. The van der Waals surface area contributed by atoms with Gasteiger partial charge in [0.2, 0.25) is 18.2 Å². The molecule has 0 aromatic carbocycles. The van der Waals surface area contributed by atoms with Gasteiger partial charge in [-0.3, -0.25) is 38.5 Å². The van der Waals surface area contributed by atoms with Crippen LogP contribution in [-0.4, -0.2) is 116 Å². The molecule has 0 atom stereocenters. The van der Waals surface area contributed by atoms with Gasteiger partial charge in [-0.2, -0.15) is 0 Å². The van der Waals surface area contributed by atoms with E-state index in [9.17, 15) is 33.6 Å². The van der Waals surface area contributed by atoms with E-state index in [-0.39, 0.29) is 63.0 Å². The molecule has 0 spiro atoms. The average Bonchev–Trinajstić information content (AvgIpc) is 3.71. The van der Waals surface area contributed by atoms with Crippen molar-refractivity contribution in [1.82, 2.24) is 19.8 Å². The lowest BCUT2D eigenvalue weighted by atomic mass is 10.1. The quantitative estimate of drug-likeness (QED) is 0.0938. The SMILES string of the molecule is C=O.C=O.CC(=O)CCN1C(=O)C=CC1=O.O=C(CCCCCO)CCSSc1ccccn1.O=CN1C(=O)CCC1=O.OCCSSc1ccccn1. The van der Waals surface area contributed by atoms with Crippen LogP contribution in [0.2, 0.25) is 0 Å². The van der Waals surface area contributed by atoms with Crippen LogP contribution in [0.15, 0.2) is 71.0 Å². The van der Waals surface area contributed by atoms with E-state index < -0.39 is 11.8 Å². The van der Waals surface area contributed by atoms with E-state index in [1.54, 1.807) is 55.6 Å². The van der Waals surface area contributed by atoms with Crippen LogP contribution in [0.4, 0.5) is 0 Å². The standard InChI is InChI=1S/C13H19NO2S2.C8H9NO3.C7H9NOS2.C5H5NO3.2CH2O/c15-10-5-1-2-6-12(16)8-11-17-18-13-7-3-4-9-14-13;1-6(10)4-5-9-7(11)2-3-8(9)12;9-5-6-10-11-7-3-1-2-4-8-7;7-3-6-4(8)1-2-5(6)9;2*1-2/h3-4,7,9,15H,1-2,5-6,8,10-11H2;2-3H,4-5H2,1H3;1-4,9H,5-6H2;3H,1-2H2;2*1H2. The van der Waals surface area contributed by atoms with E-state index in [0.29, 0.717) is 23.5 Å². The third-order valence-corrected chi connectivity index (χ3v) is 10.6. The summed E-state index contributed by atoms with van der Waals surface area (Å²) in [6, 6.07) is 11.6. The van der Waals surface area contributed by atoms with Crippen molar-refractivity contribution in [3.63, 3.8) is 0 Å². The number of aliphatic hydroxyl groups excluding tert-OH is 2. The maximum Gasteiger partial charge on any atom is 0.253 e. The van der Waals surface area contributed by atoms with Crippen molar-refractivity contribution >= 4 is 98.4 Å². The normalized spacial score (nSPS) is 12.4. The Morgan fingerprint density at radius 2 is 1.26 bits per heavy atom. The number of nitrogens with zero attached hydrogens (tertiary/aromatic N) is 4. The Balaban J connectivity index is 0. The first-order valence-electron chi connectivity index (χ1n) is 16.2. The number of hydrogen-bond acceptors (Lipinski definition) is 17. The van der Waals surface area contributed by atoms with Gasteiger partial charge in [0.15, 0.2) is 0 Å². The molecule has 1 fully saturated rings. The molecule has 2 aromatic heterocycles. The Labute approximate surface area is 330 Å². The number of likely N-dealkylation sites (tertiary alicyclic amines) is 1. The third kappa shape index (κ3) is 26.7. The van der Waals surface area contributed by atoms with Gasteiger partial charge < -0.3 is 19.8 Å². The fourth-order valence-electron chi connectivity index (χ4n) is 3.56. The molecule has 2 aromatic rings. The summed E-state index contributed by atoms with van der Waals surface area (Å²) >= 11 is 0. The van der Waals surface area contributed by atoms with Crippen molar-refractivity contribution in [3.8, 4) is 0 Å². The summed E-state index contributed by atoms with van der Waals surface area (Å²) in [7, 11) is 6.49. The molecule has 0 saturated carbocycles. The van der Waals surface area contributed by atoms with Crippen LogP contribution >= 0.6 is 43.2 Å². The maximum absolute atomic E-state index is 11.5. The summed E-state index contributed by atoms with van der Waals surface area (Å²) in [4.78, 5) is 101. The fraction of sp³-hybridized carbons (Fsp3) is 0.400. The second-order valence-corrected chi connectivity index (χ2v) is 14.9. The van der Waals surface area contributed by atoms with Gasteiger partial charge in [-0.1, -0.05) is 40.1 Å². The number of amides is 5. The van der Waals surface area contributed by atoms with Crippen molar-refractivity contribution < 1.29 is 53.4 Å². The number of aromatic nitrogens is 2. The van der Waals surface area contributed by atoms with Gasteiger partial charge in [0.25, 0.3) is 11.8 Å². The Hall–Kier alpha value is -4.01. The molecular weight excluding hydrogens is 781 g/mol. The van der Waals surface area contributed by atoms with Crippen molar-refractivity contribution in [2.75, 3.05) is 31.3 Å². The predicted molar refractivity (Wildman–Crippen MR) is 210 cm³/mol. The number of carbonyl (C=O) groups excluding carboxylic acids is 9. The first kappa shape index (κ1) is 52.1. The molecule has 15 nitrogen and oxygen atoms in total. The van der Waals surface area contributed by atoms with Crippen LogP contribution < -0.4 is 0 Å². The van der Waals surface area contributed by atoms with Gasteiger partial charge in [0.1, 0.15) is 35.2 Å². The summed E-state index contributed by atoms with van der Waals surface area (Å²) in [5, 5.41) is 19.1.